The maximum Gasteiger partial charge on any atom is 0.304 e. The monoisotopic (exact) mass is 417 g/mol. The van der Waals surface area contributed by atoms with Crippen molar-refractivity contribution in [1.82, 2.24) is 0 Å². The quantitative estimate of drug-likeness (QED) is 0.360. The van der Waals surface area contributed by atoms with Crippen molar-refractivity contribution in [1.29, 1.82) is 0 Å². The zero-order valence-corrected chi connectivity index (χ0v) is 21.0. The number of rotatable bonds is 6. The summed E-state index contributed by atoms with van der Waals surface area (Å²) in [6.07, 6.45) is 12.4. The van der Waals surface area contributed by atoms with Gasteiger partial charge < -0.3 is 9.84 Å². The summed E-state index contributed by atoms with van der Waals surface area (Å²) in [5, 5.41) is 9.10. The number of hydrogen-bond donors (Lipinski definition) is 1. The molecule has 1 saturated carbocycles. The fraction of sp³-hybridized carbons (Fsp3) is 0.577. The average Bonchev–Trinajstić information content (AvgIpc) is 2.69. The minimum atomic E-state index is -0.830. The molecule has 1 fully saturated rings. The van der Waals surface area contributed by atoms with Crippen molar-refractivity contribution < 1.29 is 14.6 Å². The zero-order chi connectivity index (χ0) is 20.9. The molecule has 2 aliphatic carbocycles. The van der Waals surface area contributed by atoms with Gasteiger partial charge in [-0.15, -0.1) is 5.92 Å². The Bertz CT molecular complexity index is 800. The fourth-order valence-corrected chi connectivity index (χ4v) is 5.17. The Morgan fingerprint density at radius 2 is 2.00 bits per heavy atom. The van der Waals surface area contributed by atoms with Gasteiger partial charge in [0.2, 0.25) is 0 Å². The Labute approximate surface area is 204 Å². The predicted octanol–water partition coefficient (Wildman–Crippen LogP) is 5.82. The van der Waals surface area contributed by atoms with Crippen LogP contribution >= 0.6 is 0 Å². The van der Waals surface area contributed by atoms with Crippen molar-refractivity contribution in [3.05, 3.63) is 42.0 Å². The van der Waals surface area contributed by atoms with E-state index in [1.54, 1.807) is 6.92 Å². The number of allylic oxidation sites excluding steroid dienone is 2. The largest absolute Gasteiger partial charge is 0.493 e. The van der Waals surface area contributed by atoms with Crippen molar-refractivity contribution >= 4 is 35.5 Å². The van der Waals surface area contributed by atoms with E-state index in [0.29, 0.717) is 16.7 Å². The van der Waals surface area contributed by atoms with Gasteiger partial charge in [-0.1, -0.05) is 50.5 Å². The molecule has 3 atom stereocenters. The van der Waals surface area contributed by atoms with E-state index >= 15 is 0 Å². The number of aliphatic carboxylic acids is 1. The predicted molar refractivity (Wildman–Crippen MR) is 123 cm³/mol. The van der Waals surface area contributed by atoms with E-state index in [4.69, 9.17) is 9.84 Å². The van der Waals surface area contributed by atoms with Crippen molar-refractivity contribution in [3.8, 4) is 17.6 Å². The molecule has 30 heavy (non-hydrogen) atoms. The van der Waals surface area contributed by atoms with Crippen molar-refractivity contribution in [3.63, 3.8) is 0 Å². The summed E-state index contributed by atoms with van der Waals surface area (Å²) in [5.41, 5.74) is 1.62. The maximum absolute atomic E-state index is 11.1. The molecule has 157 valence electrons. The van der Waals surface area contributed by atoms with E-state index in [0.717, 1.165) is 17.9 Å². The zero-order valence-electron chi connectivity index (χ0n) is 19.0. The normalized spacial score (nSPS) is 25.5. The second-order valence-corrected chi connectivity index (χ2v) is 9.37. The van der Waals surface area contributed by atoms with Gasteiger partial charge in [-0.05, 0) is 73.5 Å². The molecule has 1 aromatic rings. The van der Waals surface area contributed by atoms with Crippen LogP contribution in [0.2, 0.25) is 0 Å². The summed E-state index contributed by atoms with van der Waals surface area (Å²) in [6.45, 7) is 7.36. The summed E-state index contributed by atoms with van der Waals surface area (Å²) in [6, 6.07) is 7.79. The van der Waals surface area contributed by atoms with Crippen LogP contribution in [0.1, 0.15) is 77.2 Å². The molecule has 0 heterocycles. The van der Waals surface area contributed by atoms with E-state index in [1.807, 2.05) is 24.3 Å². The molecular weight excluding hydrogens is 383 g/mol. The first-order chi connectivity index (χ1) is 13.9. The summed E-state index contributed by atoms with van der Waals surface area (Å²) >= 11 is 0. The first-order valence-electron chi connectivity index (χ1n) is 10.9. The van der Waals surface area contributed by atoms with Gasteiger partial charge in [-0.25, -0.2) is 0 Å². The molecule has 0 amide bonds. The Morgan fingerprint density at radius 3 is 2.63 bits per heavy atom. The van der Waals surface area contributed by atoms with E-state index in [-0.39, 0.29) is 41.9 Å². The Kier molecular flexibility index (Phi) is 9.10. The number of hydrogen-bond acceptors (Lipinski definition) is 2. The molecule has 1 N–H and O–H groups in total. The van der Waals surface area contributed by atoms with Gasteiger partial charge in [0.15, 0.2) is 0 Å². The van der Waals surface area contributed by atoms with E-state index in [2.05, 4.69) is 37.8 Å². The molecule has 1 aromatic carbocycles. The van der Waals surface area contributed by atoms with Crippen molar-refractivity contribution in [2.45, 2.75) is 71.6 Å². The first-order valence-corrected chi connectivity index (χ1v) is 10.9. The minimum absolute atomic E-state index is 0. The summed E-state index contributed by atoms with van der Waals surface area (Å²) in [5.74, 6) is 6.16. The van der Waals surface area contributed by atoms with Crippen LogP contribution in [-0.2, 0) is 4.79 Å². The summed E-state index contributed by atoms with van der Waals surface area (Å²) < 4.78 is 6.15. The van der Waals surface area contributed by atoms with Crippen molar-refractivity contribution in [2.75, 3.05) is 6.61 Å². The van der Waals surface area contributed by atoms with Crippen LogP contribution in [0, 0.1) is 28.6 Å². The second kappa shape index (κ2) is 10.9. The van der Waals surface area contributed by atoms with Crippen LogP contribution in [0.5, 0.6) is 5.75 Å². The number of benzene rings is 1. The number of carbonyl (C=O) groups is 1. The van der Waals surface area contributed by atoms with Crippen LogP contribution in [0.4, 0.5) is 0 Å². The summed E-state index contributed by atoms with van der Waals surface area (Å²) in [7, 11) is 0. The third kappa shape index (κ3) is 5.94. The van der Waals surface area contributed by atoms with Crippen LogP contribution < -0.4 is 4.74 Å². The van der Waals surface area contributed by atoms with Gasteiger partial charge >= 0.3 is 5.97 Å². The van der Waals surface area contributed by atoms with Crippen LogP contribution in [0.3, 0.4) is 0 Å². The number of ether oxygens (including phenoxy) is 1. The Morgan fingerprint density at radius 1 is 1.27 bits per heavy atom. The number of carboxylic acid groups (broad SMARTS) is 1. The molecule has 1 spiro atoms. The fourth-order valence-electron chi connectivity index (χ4n) is 5.17. The SMILES string of the molecule is CC#C[C@@H](CC(=O)O)c1ccc(OCC2CCCC3(C=CCCC3(C)C)C2)cc1.[Na]. The summed E-state index contributed by atoms with van der Waals surface area (Å²) in [4.78, 5) is 11.1. The molecule has 4 heteroatoms. The molecular formula is C26H34NaO3. The molecule has 3 nitrogen and oxygen atoms in total. The molecule has 1 radical (unpaired) electrons. The molecule has 2 unspecified atom stereocenters. The van der Waals surface area contributed by atoms with Gasteiger partial charge in [-0.3, -0.25) is 4.79 Å². The van der Waals surface area contributed by atoms with E-state index in [1.165, 1.54) is 38.5 Å². The van der Waals surface area contributed by atoms with Gasteiger partial charge in [-0.2, -0.15) is 0 Å². The van der Waals surface area contributed by atoms with E-state index < -0.39 is 5.97 Å². The second-order valence-electron chi connectivity index (χ2n) is 9.37. The van der Waals surface area contributed by atoms with Crippen LogP contribution in [-0.4, -0.2) is 47.2 Å². The molecule has 0 aliphatic heterocycles. The van der Waals surface area contributed by atoms with Gasteiger partial charge in [0.1, 0.15) is 5.75 Å². The van der Waals surface area contributed by atoms with Gasteiger partial charge in [0, 0.05) is 29.6 Å². The third-order valence-corrected chi connectivity index (χ3v) is 7.07. The molecule has 2 aliphatic rings. The third-order valence-electron chi connectivity index (χ3n) is 7.07. The van der Waals surface area contributed by atoms with Crippen LogP contribution in [0.15, 0.2) is 36.4 Å². The molecule has 0 saturated heterocycles. The Hall–Kier alpha value is -1.21. The topological polar surface area (TPSA) is 46.5 Å². The van der Waals surface area contributed by atoms with Crippen molar-refractivity contribution in [2.24, 2.45) is 16.7 Å². The number of carboxylic acids is 1. The van der Waals surface area contributed by atoms with Gasteiger partial charge in [0.25, 0.3) is 0 Å². The average molecular weight is 418 g/mol. The smallest absolute Gasteiger partial charge is 0.304 e. The first kappa shape index (κ1) is 25.1. The molecule has 0 aromatic heterocycles. The van der Waals surface area contributed by atoms with Gasteiger partial charge in [0.05, 0.1) is 18.9 Å². The Balaban J connectivity index is 0.00000320. The van der Waals surface area contributed by atoms with Crippen LogP contribution in [0.25, 0.3) is 0 Å². The van der Waals surface area contributed by atoms with E-state index in [9.17, 15) is 4.79 Å². The standard InChI is InChI=1S/C26H34O3.Na/c1-4-8-22(17-24(27)28)21-10-12-23(13-11-21)29-19-20-9-7-16-26(18-20)15-6-5-14-25(26,2)3;/h6,10-13,15,20,22H,5,7,9,14,16-19H2,1-3H3,(H,27,28);/t20?,22-,26?;/m0./s1. The maximum atomic E-state index is 11.1. The molecule has 0 bridgehead atoms. The molecule has 3 rings (SSSR count). The minimum Gasteiger partial charge on any atom is -0.493 e.